The van der Waals surface area contributed by atoms with E-state index in [2.05, 4.69) is 5.32 Å². The van der Waals surface area contributed by atoms with Crippen molar-refractivity contribution in [2.24, 2.45) is 0 Å². The average molecular weight is 583 g/mol. The van der Waals surface area contributed by atoms with Crippen LogP contribution in [0.25, 0.3) is 6.08 Å². The van der Waals surface area contributed by atoms with Gasteiger partial charge >= 0.3 is 6.03 Å². The molecule has 0 radical (unpaired) electrons. The second-order valence-corrected chi connectivity index (χ2v) is 9.71. The zero-order chi connectivity index (χ0) is 28.6. The molecule has 1 aliphatic heterocycles. The van der Waals surface area contributed by atoms with Gasteiger partial charge in [-0.05, 0) is 66.9 Å². The number of barbiturate groups is 1. The van der Waals surface area contributed by atoms with Crippen molar-refractivity contribution in [1.29, 1.82) is 0 Å². The molecule has 0 saturated carbocycles. The first-order chi connectivity index (χ1) is 19.3. The van der Waals surface area contributed by atoms with Gasteiger partial charge in [-0.25, -0.2) is 4.79 Å². The Morgan fingerprint density at radius 1 is 0.900 bits per heavy atom. The minimum absolute atomic E-state index is 0.0611. The van der Waals surface area contributed by atoms with Crippen LogP contribution in [0.2, 0.25) is 10.0 Å². The molecule has 1 fully saturated rings. The fourth-order valence-electron chi connectivity index (χ4n) is 3.93. The number of hydrogen-bond acceptors (Lipinski definition) is 6. The number of rotatable bonds is 11. The van der Waals surface area contributed by atoms with Crippen LogP contribution >= 0.6 is 23.2 Å². The lowest BCUT2D eigenvalue weighted by molar-refractivity contribution is -0.130. The normalized spacial score (nSPS) is 14.3. The summed E-state index contributed by atoms with van der Waals surface area (Å²) in [6.45, 7) is 4.95. The lowest BCUT2D eigenvalue weighted by Crippen LogP contribution is -2.53. The molecule has 1 N–H and O–H groups in total. The number of hydrogen-bond donors (Lipinski definition) is 1. The summed E-state index contributed by atoms with van der Waals surface area (Å²) in [7, 11) is 0. The van der Waals surface area contributed by atoms with Crippen molar-refractivity contribution in [2.75, 3.05) is 13.2 Å². The topological polar surface area (TPSA) is 94.2 Å². The zero-order valence-electron chi connectivity index (χ0n) is 22.0. The highest BCUT2D eigenvalue weighted by Gasteiger charge is 2.35. The molecule has 40 heavy (non-hydrogen) atoms. The Bertz CT molecular complexity index is 1460. The van der Waals surface area contributed by atoms with Crippen molar-refractivity contribution in [1.82, 2.24) is 10.2 Å². The monoisotopic (exact) mass is 582 g/mol. The molecular weight excluding hydrogens is 555 g/mol. The van der Waals surface area contributed by atoms with E-state index < -0.39 is 17.8 Å². The molecule has 0 aromatic heterocycles. The third kappa shape index (κ3) is 7.14. The Labute approximate surface area is 242 Å². The predicted molar refractivity (Wildman–Crippen MR) is 153 cm³/mol. The van der Waals surface area contributed by atoms with Crippen molar-refractivity contribution < 1.29 is 28.6 Å². The fourth-order valence-corrected chi connectivity index (χ4v) is 4.39. The standard InChI is InChI=1S/C30H28Cl2N2O6/c1-3-12-39-26-11-8-20(15-27(26)38-4-2)17-34-29(36)24(28(35)33-30(34)37)14-19-6-5-7-23(13-19)40-18-21-9-10-22(31)16-25(21)32/h5-11,13-16H,3-4,12,17-18H2,1-2H3,(H,33,35,37)/b24-14-. The van der Waals surface area contributed by atoms with Gasteiger partial charge in [0, 0.05) is 15.6 Å². The van der Waals surface area contributed by atoms with Gasteiger partial charge in [0.1, 0.15) is 17.9 Å². The Hall–Kier alpha value is -4.01. The second kappa shape index (κ2) is 13.4. The van der Waals surface area contributed by atoms with Crippen LogP contribution in [0, 0.1) is 0 Å². The van der Waals surface area contributed by atoms with E-state index >= 15 is 0 Å². The molecule has 4 amide bonds. The highest BCUT2D eigenvalue weighted by atomic mass is 35.5. The maximum Gasteiger partial charge on any atom is 0.331 e. The molecular formula is C30H28Cl2N2O6. The number of benzene rings is 3. The molecule has 0 unspecified atom stereocenters. The summed E-state index contributed by atoms with van der Waals surface area (Å²) in [4.78, 5) is 39.5. The van der Waals surface area contributed by atoms with E-state index in [0.29, 0.717) is 51.6 Å². The van der Waals surface area contributed by atoms with Crippen LogP contribution in [0.3, 0.4) is 0 Å². The summed E-state index contributed by atoms with van der Waals surface area (Å²) >= 11 is 12.2. The van der Waals surface area contributed by atoms with E-state index in [1.807, 2.05) is 13.8 Å². The predicted octanol–water partition coefficient (Wildman–Crippen LogP) is 6.42. The molecule has 0 bridgehead atoms. The van der Waals surface area contributed by atoms with E-state index in [0.717, 1.165) is 16.9 Å². The minimum Gasteiger partial charge on any atom is -0.490 e. The molecule has 8 nitrogen and oxygen atoms in total. The molecule has 1 aliphatic rings. The summed E-state index contributed by atoms with van der Waals surface area (Å²) < 4.78 is 17.3. The molecule has 3 aromatic rings. The second-order valence-electron chi connectivity index (χ2n) is 8.87. The summed E-state index contributed by atoms with van der Waals surface area (Å²) in [6.07, 6.45) is 2.26. The van der Waals surface area contributed by atoms with Crippen LogP contribution in [-0.4, -0.2) is 36.0 Å². The van der Waals surface area contributed by atoms with Gasteiger partial charge in [-0.1, -0.05) is 54.4 Å². The lowest BCUT2D eigenvalue weighted by Gasteiger charge is -2.26. The number of urea groups is 1. The highest BCUT2D eigenvalue weighted by Crippen LogP contribution is 2.30. The number of halogens is 2. The van der Waals surface area contributed by atoms with E-state index in [4.69, 9.17) is 37.4 Å². The van der Waals surface area contributed by atoms with Crippen molar-refractivity contribution in [3.8, 4) is 17.2 Å². The zero-order valence-corrected chi connectivity index (χ0v) is 23.6. The smallest absolute Gasteiger partial charge is 0.331 e. The van der Waals surface area contributed by atoms with E-state index in [1.165, 1.54) is 6.08 Å². The van der Waals surface area contributed by atoms with Crippen LogP contribution < -0.4 is 19.5 Å². The number of carbonyl (C=O) groups excluding carboxylic acids is 3. The quantitative estimate of drug-likeness (QED) is 0.207. The molecule has 1 saturated heterocycles. The minimum atomic E-state index is -0.798. The van der Waals surface area contributed by atoms with Gasteiger partial charge in [0.15, 0.2) is 11.5 Å². The first kappa shape index (κ1) is 29.0. The summed E-state index contributed by atoms with van der Waals surface area (Å²) in [5.41, 5.74) is 1.76. The van der Waals surface area contributed by atoms with Crippen molar-refractivity contribution in [2.45, 2.75) is 33.4 Å². The van der Waals surface area contributed by atoms with Gasteiger partial charge in [0.25, 0.3) is 11.8 Å². The molecule has 0 atom stereocenters. The lowest BCUT2D eigenvalue weighted by atomic mass is 10.1. The number of ether oxygens (including phenoxy) is 3. The Morgan fingerprint density at radius 3 is 2.48 bits per heavy atom. The molecule has 10 heteroatoms. The number of amides is 4. The third-order valence-electron chi connectivity index (χ3n) is 5.87. The Balaban J connectivity index is 1.52. The molecule has 3 aromatic carbocycles. The van der Waals surface area contributed by atoms with Crippen LogP contribution in [-0.2, 0) is 22.7 Å². The van der Waals surface area contributed by atoms with Gasteiger partial charge in [-0.3, -0.25) is 19.8 Å². The Kier molecular flexibility index (Phi) is 9.69. The fraction of sp³-hybridized carbons (Fsp3) is 0.233. The third-order valence-corrected chi connectivity index (χ3v) is 6.46. The van der Waals surface area contributed by atoms with Crippen molar-refractivity contribution in [3.63, 3.8) is 0 Å². The number of nitrogens with zero attached hydrogens (tertiary/aromatic N) is 1. The van der Waals surface area contributed by atoms with Gasteiger partial charge in [0.2, 0.25) is 0 Å². The highest BCUT2D eigenvalue weighted by molar-refractivity contribution is 6.35. The van der Waals surface area contributed by atoms with Crippen LogP contribution in [0.15, 0.2) is 66.2 Å². The van der Waals surface area contributed by atoms with Gasteiger partial charge < -0.3 is 14.2 Å². The van der Waals surface area contributed by atoms with E-state index in [9.17, 15) is 14.4 Å². The first-order valence-corrected chi connectivity index (χ1v) is 13.5. The average Bonchev–Trinajstić information content (AvgIpc) is 2.93. The summed E-state index contributed by atoms with van der Waals surface area (Å²) in [6, 6.07) is 16.4. The van der Waals surface area contributed by atoms with Crippen LogP contribution in [0.4, 0.5) is 4.79 Å². The molecule has 0 aliphatic carbocycles. The van der Waals surface area contributed by atoms with E-state index in [-0.39, 0.29) is 18.7 Å². The first-order valence-electron chi connectivity index (χ1n) is 12.7. The van der Waals surface area contributed by atoms with Gasteiger partial charge in [-0.15, -0.1) is 0 Å². The maximum atomic E-state index is 13.3. The van der Waals surface area contributed by atoms with E-state index in [1.54, 1.807) is 60.7 Å². The maximum absolute atomic E-state index is 13.3. The van der Waals surface area contributed by atoms with Crippen molar-refractivity contribution >= 4 is 47.1 Å². The largest absolute Gasteiger partial charge is 0.490 e. The summed E-state index contributed by atoms with van der Waals surface area (Å²) in [5, 5.41) is 3.26. The molecule has 0 spiro atoms. The number of nitrogens with one attached hydrogen (secondary N) is 1. The SMILES string of the molecule is CCCOc1ccc(CN2C(=O)NC(=O)/C(=C/c3cccc(OCc4ccc(Cl)cc4Cl)c3)C2=O)cc1OCC. The Morgan fingerprint density at radius 2 is 1.73 bits per heavy atom. The van der Waals surface area contributed by atoms with Crippen molar-refractivity contribution in [3.05, 3.63) is 93.0 Å². The molecule has 4 rings (SSSR count). The molecule has 1 heterocycles. The number of imide groups is 2. The molecule has 208 valence electrons. The number of carbonyl (C=O) groups is 3. The van der Waals surface area contributed by atoms with Gasteiger partial charge in [-0.2, -0.15) is 0 Å². The summed E-state index contributed by atoms with van der Waals surface area (Å²) in [5.74, 6) is 0.117. The van der Waals surface area contributed by atoms with Gasteiger partial charge in [0.05, 0.1) is 19.8 Å². The van der Waals surface area contributed by atoms with Crippen LogP contribution in [0.1, 0.15) is 37.0 Å². The van der Waals surface area contributed by atoms with Crippen LogP contribution in [0.5, 0.6) is 17.2 Å².